The summed E-state index contributed by atoms with van der Waals surface area (Å²) in [5.74, 6) is -2.10. The summed E-state index contributed by atoms with van der Waals surface area (Å²) in [7, 11) is -2.98. The fourth-order valence-corrected chi connectivity index (χ4v) is 3.56. The van der Waals surface area contributed by atoms with Crippen molar-refractivity contribution in [3.63, 3.8) is 0 Å². The zero-order valence-electron chi connectivity index (χ0n) is 25.8. The SMILES string of the molecule is [2H]C([2H])([2H])Oc1cc(C(C)=O)ccc1OC([2H])([2H])C([2H])([2H])C([2H])([2H])N1CCC(c2noc3cc(F)ccc23)CC1. The van der Waals surface area contributed by atoms with Gasteiger partial charge in [-0.1, -0.05) is 5.16 Å². The van der Waals surface area contributed by atoms with Crippen molar-refractivity contribution in [3.8, 4) is 11.5 Å². The lowest BCUT2D eigenvalue weighted by Gasteiger charge is -2.31. The van der Waals surface area contributed by atoms with Crippen LogP contribution in [0.5, 0.6) is 11.5 Å². The number of methoxy groups -OCH3 is 1. The van der Waals surface area contributed by atoms with Crippen LogP contribution in [-0.2, 0) is 0 Å². The molecule has 0 saturated carbocycles. The third-order valence-electron chi connectivity index (χ3n) is 5.23. The molecule has 7 heteroatoms. The smallest absolute Gasteiger partial charge is 0.170 e. The highest BCUT2D eigenvalue weighted by molar-refractivity contribution is 5.94. The van der Waals surface area contributed by atoms with Gasteiger partial charge in [0.15, 0.2) is 22.9 Å². The minimum absolute atomic E-state index is 0.0452. The average molecular weight is 436 g/mol. The number of rotatable bonds is 8. The predicted molar refractivity (Wildman–Crippen MR) is 115 cm³/mol. The van der Waals surface area contributed by atoms with Crippen molar-refractivity contribution in [2.75, 3.05) is 33.2 Å². The second kappa shape index (κ2) is 9.47. The molecule has 0 N–H and O–H groups in total. The van der Waals surface area contributed by atoms with Gasteiger partial charge in [-0.25, -0.2) is 4.39 Å². The molecule has 164 valence electrons. The standard InChI is InChI=1S/C24H27FN2O4/c1-16(28)18-4-7-21(23(14-18)29-2)30-13-3-10-27-11-8-17(9-12-27)24-20-6-5-19(25)15-22(20)31-26-24/h4-7,14-15,17H,3,8-13H2,1-2H3/i2D3,3D2,10D2,13D2. The van der Waals surface area contributed by atoms with Crippen molar-refractivity contribution >= 4 is 16.8 Å². The van der Waals surface area contributed by atoms with Gasteiger partial charge in [0.25, 0.3) is 0 Å². The number of ether oxygens (including phenoxy) is 2. The Morgan fingerprint density at radius 3 is 2.90 bits per heavy atom. The molecule has 0 radical (unpaired) electrons. The summed E-state index contributed by atoms with van der Waals surface area (Å²) in [4.78, 5) is 12.9. The number of Topliss-reactive ketones (excluding diaryl/α,β-unsaturated/α-hetero) is 1. The van der Waals surface area contributed by atoms with Crippen LogP contribution in [0.15, 0.2) is 40.9 Å². The van der Waals surface area contributed by atoms with Gasteiger partial charge in [0.1, 0.15) is 5.82 Å². The molecule has 0 bridgehead atoms. The molecule has 0 unspecified atom stereocenters. The molecule has 1 saturated heterocycles. The van der Waals surface area contributed by atoms with E-state index in [0.717, 1.165) is 12.1 Å². The van der Waals surface area contributed by atoms with Crippen molar-refractivity contribution < 1.29 is 35.5 Å². The van der Waals surface area contributed by atoms with E-state index in [2.05, 4.69) is 5.16 Å². The van der Waals surface area contributed by atoms with E-state index >= 15 is 0 Å². The van der Waals surface area contributed by atoms with Gasteiger partial charge in [0.2, 0.25) is 0 Å². The number of hydrogen-bond acceptors (Lipinski definition) is 6. The summed E-state index contributed by atoms with van der Waals surface area (Å²) in [6.45, 7) is -4.87. The van der Waals surface area contributed by atoms with Gasteiger partial charge >= 0.3 is 0 Å². The number of hydrogen-bond donors (Lipinski definition) is 0. The molecule has 2 heterocycles. The fourth-order valence-electron chi connectivity index (χ4n) is 3.56. The summed E-state index contributed by atoms with van der Waals surface area (Å²) < 4.78 is 102. The number of carbonyl (C=O) groups is 1. The molecule has 4 rings (SSSR count). The molecule has 0 amide bonds. The van der Waals surface area contributed by atoms with Gasteiger partial charge in [0.05, 0.1) is 26.1 Å². The van der Waals surface area contributed by atoms with Gasteiger partial charge in [-0.2, -0.15) is 0 Å². The van der Waals surface area contributed by atoms with Crippen LogP contribution in [0, 0.1) is 5.82 Å². The van der Waals surface area contributed by atoms with Crippen LogP contribution < -0.4 is 9.47 Å². The average Bonchev–Trinajstić information content (AvgIpc) is 3.26. The number of piperidine rings is 1. The number of likely N-dealkylation sites (tertiary alicyclic amines) is 1. The maximum atomic E-state index is 13.5. The lowest BCUT2D eigenvalue weighted by Crippen LogP contribution is -2.34. The highest BCUT2D eigenvalue weighted by atomic mass is 19.1. The summed E-state index contributed by atoms with van der Waals surface area (Å²) in [6, 6.07) is 7.41. The van der Waals surface area contributed by atoms with Crippen LogP contribution in [0.1, 0.15) is 60.4 Å². The molecule has 1 fully saturated rings. The van der Waals surface area contributed by atoms with E-state index in [1.54, 1.807) is 6.07 Å². The summed E-state index contributed by atoms with van der Waals surface area (Å²) in [6.07, 6.45) is -2.58. The number of aromatic nitrogens is 1. The third-order valence-corrected chi connectivity index (χ3v) is 5.23. The number of nitrogens with zero attached hydrogens (tertiary/aromatic N) is 2. The van der Waals surface area contributed by atoms with Crippen molar-refractivity contribution in [3.05, 3.63) is 53.5 Å². The Hall–Kier alpha value is -2.93. The molecule has 2 aromatic carbocycles. The Balaban J connectivity index is 1.53. The quantitative estimate of drug-likeness (QED) is 0.473. The largest absolute Gasteiger partial charge is 0.493 e. The molecule has 1 aliphatic rings. The van der Waals surface area contributed by atoms with Gasteiger partial charge in [-0.3, -0.25) is 4.79 Å². The minimum atomic E-state index is -3.32. The number of carbonyl (C=O) groups excluding carboxylic acids is 1. The molecule has 0 aliphatic carbocycles. The van der Waals surface area contributed by atoms with Gasteiger partial charge in [0, 0.05) is 34.9 Å². The van der Waals surface area contributed by atoms with Crippen LogP contribution in [0.3, 0.4) is 0 Å². The van der Waals surface area contributed by atoms with Gasteiger partial charge < -0.3 is 18.9 Å². The van der Waals surface area contributed by atoms with E-state index in [9.17, 15) is 9.18 Å². The number of fused-ring (bicyclic) bond motifs is 1. The van der Waals surface area contributed by atoms with E-state index in [1.165, 1.54) is 30.0 Å². The normalized spacial score (nSPS) is 21.4. The van der Waals surface area contributed by atoms with Crippen molar-refractivity contribution in [1.82, 2.24) is 10.1 Å². The lowest BCUT2D eigenvalue weighted by atomic mass is 9.91. The van der Waals surface area contributed by atoms with Crippen LogP contribution in [-0.4, -0.2) is 49.0 Å². The molecule has 3 aromatic rings. The lowest BCUT2D eigenvalue weighted by molar-refractivity contribution is 0.101. The first-order chi connectivity index (χ1) is 18.4. The Labute approximate surface area is 193 Å². The van der Waals surface area contributed by atoms with E-state index in [-0.39, 0.29) is 30.2 Å². The summed E-state index contributed by atoms with van der Waals surface area (Å²) in [5, 5.41) is 4.68. The second-order valence-corrected chi connectivity index (χ2v) is 7.23. The first-order valence-corrected chi connectivity index (χ1v) is 9.76. The zero-order chi connectivity index (χ0) is 29.7. The maximum absolute atomic E-state index is 13.5. The molecule has 6 nitrogen and oxygen atoms in total. The Bertz CT molecular complexity index is 1400. The summed E-state index contributed by atoms with van der Waals surface area (Å²) >= 11 is 0. The number of benzene rings is 2. The highest BCUT2D eigenvalue weighted by Crippen LogP contribution is 2.33. The fraction of sp³-hybridized carbons (Fsp3) is 0.417. The topological polar surface area (TPSA) is 64.8 Å². The maximum Gasteiger partial charge on any atom is 0.170 e. The van der Waals surface area contributed by atoms with Crippen LogP contribution >= 0.6 is 0 Å². The van der Waals surface area contributed by atoms with Crippen molar-refractivity contribution in [2.45, 2.75) is 32.1 Å². The van der Waals surface area contributed by atoms with Gasteiger partial charge in [-0.15, -0.1) is 0 Å². The molecule has 31 heavy (non-hydrogen) atoms. The second-order valence-electron chi connectivity index (χ2n) is 7.23. The predicted octanol–water partition coefficient (Wildman–Crippen LogP) is 4.83. The van der Waals surface area contributed by atoms with Crippen LogP contribution in [0.2, 0.25) is 0 Å². The number of halogens is 1. The molecular weight excluding hydrogens is 399 g/mol. The monoisotopic (exact) mass is 435 g/mol. The number of ketones is 1. The Kier molecular flexibility index (Phi) is 3.91. The molecule has 1 aliphatic heterocycles. The summed E-state index contributed by atoms with van der Waals surface area (Å²) in [5.41, 5.74) is 0.929. The third kappa shape index (κ3) is 4.88. The molecule has 0 atom stereocenters. The zero-order valence-corrected chi connectivity index (χ0v) is 16.8. The van der Waals surface area contributed by atoms with E-state index in [1.807, 2.05) is 0 Å². The highest BCUT2D eigenvalue weighted by Gasteiger charge is 2.25. The van der Waals surface area contributed by atoms with Crippen LogP contribution in [0.25, 0.3) is 11.0 Å². The molecule has 0 spiro atoms. The molecule has 1 aromatic heterocycles. The first-order valence-electron chi connectivity index (χ1n) is 14.3. The van der Waals surface area contributed by atoms with Crippen molar-refractivity contribution in [1.29, 1.82) is 0 Å². The van der Waals surface area contributed by atoms with E-state index in [4.69, 9.17) is 26.3 Å². The van der Waals surface area contributed by atoms with E-state index in [0.29, 0.717) is 23.9 Å². The first kappa shape index (κ1) is 12.8. The molecular formula is C24H27FN2O4. The van der Waals surface area contributed by atoms with Crippen LogP contribution in [0.4, 0.5) is 4.39 Å². The minimum Gasteiger partial charge on any atom is -0.493 e. The van der Waals surface area contributed by atoms with E-state index < -0.39 is 49.6 Å². The Morgan fingerprint density at radius 2 is 2.13 bits per heavy atom. The Morgan fingerprint density at radius 1 is 1.29 bits per heavy atom. The van der Waals surface area contributed by atoms with Crippen molar-refractivity contribution in [2.24, 2.45) is 0 Å². The van der Waals surface area contributed by atoms with Gasteiger partial charge in [-0.05, 0) is 69.6 Å².